The fourth-order valence-electron chi connectivity index (χ4n) is 1.47. The van der Waals surface area contributed by atoms with Gasteiger partial charge in [-0.15, -0.1) is 11.6 Å². The molecule has 2 N–H and O–H groups in total. The predicted octanol–water partition coefficient (Wildman–Crippen LogP) is 1.09. The maximum atomic E-state index is 11.6. The van der Waals surface area contributed by atoms with Gasteiger partial charge in [0.1, 0.15) is 11.9 Å². The van der Waals surface area contributed by atoms with E-state index in [0.29, 0.717) is 6.54 Å². The van der Waals surface area contributed by atoms with E-state index in [-0.39, 0.29) is 17.7 Å². The standard InChI is InChI=1S/C13H17ClN2O2/c1-10(16-12(17)9-14)13(18)15-8-7-11-5-3-2-4-6-11/h2-6,10H,7-9H2,1H3,(H,15,18)(H,16,17)/t10-/m1/s1. The van der Waals surface area contributed by atoms with Crippen LogP contribution in [-0.4, -0.2) is 30.3 Å². The van der Waals surface area contributed by atoms with E-state index in [0.717, 1.165) is 12.0 Å². The highest BCUT2D eigenvalue weighted by Gasteiger charge is 2.13. The van der Waals surface area contributed by atoms with Crippen molar-refractivity contribution in [2.24, 2.45) is 0 Å². The highest BCUT2D eigenvalue weighted by molar-refractivity contribution is 6.27. The lowest BCUT2D eigenvalue weighted by Crippen LogP contribution is -2.45. The Morgan fingerprint density at radius 3 is 2.56 bits per heavy atom. The molecule has 1 aromatic carbocycles. The molecule has 0 unspecified atom stereocenters. The Kier molecular flexibility index (Phi) is 6.22. The van der Waals surface area contributed by atoms with Crippen LogP contribution in [0.1, 0.15) is 12.5 Å². The van der Waals surface area contributed by atoms with Crippen molar-refractivity contribution in [3.63, 3.8) is 0 Å². The number of hydrogen-bond donors (Lipinski definition) is 2. The minimum atomic E-state index is -0.563. The molecule has 0 fully saturated rings. The number of alkyl halides is 1. The van der Waals surface area contributed by atoms with Gasteiger partial charge >= 0.3 is 0 Å². The molecule has 0 aromatic heterocycles. The molecule has 0 radical (unpaired) electrons. The lowest BCUT2D eigenvalue weighted by molar-refractivity contribution is -0.127. The van der Waals surface area contributed by atoms with Crippen molar-refractivity contribution in [3.05, 3.63) is 35.9 Å². The summed E-state index contributed by atoms with van der Waals surface area (Å²) in [6, 6.07) is 9.31. The summed E-state index contributed by atoms with van der Waals surface area (Å²) in [5, 5.41) is 5.26. The Morgan fingerprint density at radius 1 is 1.28 bits per heavy atom. The van der Waals surface area contributed by atoms with Crippen LogP contribution in [0.3, 0.4) is 0 Å². The molecule has 98 valence electrons. The molecule has 0 spiro atoms. The zero-order valence-electron chi connectivity index (χ0n) is 10.3. The summed E-state index contributed by atoms with van der Waals surface area (Å²) in [6.45, 7) is 2.17. The van der Waals surface area contributed by atoms with E-state index in [9.17, 15) is 9.59 Å². The highest BCUT2D eigenvalue weighted by atomic mass is 35.5. The first-order valence-corrected chi connectivity index (χ1v) is 6.34. The van der Waals surface area contributed by atoms with Gasteiger partial charge in [-0.05, 0) is 18.9 Å². The molecule has 1 aromatic rings. The average Bonchev–Trinajstić information content (AvgIpc) is 2.39. The summed E-state index contributed by atoms with van der Waals surface area (Å²) in [4.78, 5) is 22.6. The molecule has 0 aliphatic heterocycles. The van der Waals surface area contributed by atoms with E-state index in [2.05, 4.69) is 10.6 Å². The van der Waals surface area contributed by atoms with Crippen molar-refractivity contribution in [1.82, 2.24) is 10.6 Å². The number of amides is 2. The van der Waals surface area contributed by atoms with Crippen molar-refractivity contribution in [3.8, 4) is 0 Å². The SMILES string of the molecule is C[C@@H](NC(=O)CCl)C(=O)NCCc1ccccc1. The first-order chi connectivity index (χ1) is 8.63. The Morgan fingerprint density at radius 2 is 1.94 bits per heavy atom. The summed E-state index contributed by atoms with van der Waals surface area (Å²) < 4.78 is 0. The zero-order valence-corrected chi connectivity index (χ0v) is 11.0. The second-order valence-electron chi connectivity index (χ2n) is 3.95. The number of nitrogens with one attached hydrogen (secondary N) is 2. The molecule has 0 aliphatic rings. The van der Waals surface area contributed by atoms with Gasteiger partial charge in [-0.1, -0.05) is 30.3 Å². The third-order valence-electron chi connectivity index (χ3n) is 2.45. The van der Waals surface area contributed by atoms with Crippen LogP contribution in [0.15, 0.2) is 30.3 Å². The highest BCUT2D eigenvalue weighted by Crippen LogP contribution is 1.98. The van der Waals surface area contributed by atoms with Gasteiger partial charge in [0.2, 0.25) is 11.8 Å². The average molecular weight is 269 g/mol. The number of rotatable bonds is 6. The van der Waals surface area contributed by atoms with Crippen LogP contribution in [0.25, 0.3) is 0 Å². The van der Waals surface area contributed by atoms with E-state index in [1.807, 2.05) is 30.3 Å². The fraction of sp³-hybridized carbons (Fsp3) is 0.385. The van der Waals surface area contributed by atoms with Crippen LogP contribution in [0.5, 0.6) is 0 Å². The Balaban J connectivity index is 2.26. The molecule has 1 atom stereocenters. The molecule has 5 heteroatoms. The minimum Gasteiger partial charge on any atom is -0.354 e. The van der Waals surface area contributed by atoms with Gasteiger partial charge in [0.15, 0.2) is 0 Å². The molecule has 0 bridgehead atoms. The monoisotopic (exact) mass is 268 g/mol. The smallest absolute Gasteiger partial charge is 0.242 e. The number of benzene rings is 1. The maximum Gasteiger partial charge on any atom is 0.242 e. The third kappa shape index (κ3) is 5.19. The van der Waals surface area contributed by atoms with Gasteiger partial charge in [-0.2, -0.15) is 0 Å². The van der Waals surface area contributed by atoms with Crippen molar-refractivity contribution in [2.75, 3.05) is 12.4 Å². The first kappa shape index (κ1) is 14.5. The topological polar surface area (TPSA) is 58.2 Å². The molecule has 0 aliphatic carbocycles. The van der Waals surface area contributed by atoms with Gasteiger partial charge in [0.25, 0.3) is 0 Å². The lowest BCUT2D eigenvalue weighted by Gasteiger charge is -2.13. The predicted molar refractivity (Wildman–Crippen MR) is 71.5 cm³/mol. The molecule has 18 heavy (non-hydrogen) atoms. The summed E-state index contributed by atoms with van der Waals surface area (Å²) >= 11 is 5.34. The van der Waals surface area contributed by atoms with Crippen LogP contribution < -0.4 is 10.6 Å². The van der Waals surface area contributed by atoms with Crippen LogP contribution in [0, 0.1) is 0 Å². The van der Waals surface area contributed by atoms with Crippen molar-refractivity contribution in [2.45, 2.75) is 19.4 Å². The van der Waals surface area contributed by atoms with Crippen LogP contribution in [0.4, 0.5) is 0 Å². The van der Waals surface area contributed by atoms with Gasteiger partial charge < -0.3 is 10.6 Å². The number of halogens is 1. The quantitative estimate of drug-likeness (QED) is 0.759. The molecule has 0 heterocycles. The lowest BCUT2D eigenvalue weighted by atomic mass is 10.1. The summed E-state index contributed by atoms with van der Waals surface area (Å²) in [7, 11) is 0. The van der Waals surface area contributed by atoms with Gasteiger partial charge in [0.05, 0.1) is 0 Å². The minimum absolute atomic E-state index is 0.137. The van der Waals surface area contributed by atoms with Gasteiger partial charge in [-0.3, -0.25) is 9.59 Å². The second kappa shape index (κ2) is 7.71. The second-order valence-corrected chi connectivity index (χ2v) is 4.22. The molecule has 0 saturated carbocycles. The number of hydrogen-bond acceptors (Lipinski definition) is 2. The Bertz CT molecular complexity index is 395. The van der Waals surface area contributed by atoms with Crippen LogP contribution in [0.2, 0.25) is 0 Å². The number of carbonyl (C=O) groups excluding carboxylic acids is 2. The van der Waals surface area contributed by atoms with Crippen molar-refractivity contribution >= 4 is 23.4 Å². The van der Waals surface area contributed by atoms with E-state index >= 15 is 0 Å². The molecule has 2 amide bonds. The summed E-state index contributed by atoms with van der Waals surface area (Å²) in [5.74, 6) is -0.687. The largest absolute Gasteiger partial charge is 0.354 e. The summed E-state index contributed by atoms with van der Waals surface area (Å²) in [6.07, 6.45) is 0.767. The molecule has 0 saturated heterocycles. The van der Waals surface area contributed by atoms with Crippen molar-refractivity contribution < 1.29 is 9.59 Å². The molecular formula is C13H17ClN2O2. The Labute approximate surface area is 112 Å². The van der Waals surface area contributed by atoms with Gasteiger partial charge in [0, 0.05) is 6.54 Å². The van der Waals surface area contributed by atoms with Crippen LogP contribution in [-0.2, 0) is 16.0 Å². The van der Waals surface area contributed by atoms with E-state index < -0.39 is 6.04 Å². The van der Waals surface area contributed by atoms with E-state index in [4.69, 9.17) is 11.6 Å². The van der Waals surface area contributed by atoms with E-state index in [1.54, 1.807) is 6.92 Å². The zero-order chi connectivity index (χ0) is 13.4. The molecule has 4 nitrogen and oxygen atoms in total. The summed E-state index contributed by atoms with van der Waals surface area (Å²) in [5.41, 5.74) is 1.16. The van der Waals surface area contributed by atoms with Gasteiger partial charge in [-0.25, -0.2) is 0 Å². The third-order valence-corrected chi connectivity index (χ3v) is 2.69. The van der Waals surface area contributed by atoms with Crippen LogP contribution >= 0.6 is 11.6 Å². The maximum absolute atomic E-state index is 11.6. The number of carbonyl (C=O) groups is 2. The fourth-order valence-corrected chi connectivity index (χ4v) is 1.55. The van der Waals surface area contributed by atoms with Crippen molar-refractivity contribution in [1.29, 1.82) is 0 Å². The Hall–Kier alpha value is -1.55. The molecular weight excluding hydrogens is 252 g/mol. The first-order valence-electron chi connectivity index (χ1n) is 5.80. The van der Waals surface area contributed by atoms with E-state index in [1.165, 1.54) is 0 Å². The normalized spacial score (nSPS) is 11.7. The molecule has 1 rings (SSSR count).